The summed E-state index contributed by atoms with van der Waals surface area (Å²) in [6.45, 7) is 2.05. The average molecular weight is 345 g/mol. The van der Waals surface area contributed by atoms with Crippen molar-refractivity contribution in [1.82, 2.24) is 10.1 Å². The molecule has 3 aromatic rings. The predicted molar refractivity (Wildman–Crippen MR) is 83.1 cm³/mol. The SMILES string of the molecule is Cc1ccccc1Cc1noc(-c2ccc(Br)cc2O)n1. The van der Waals surface area contributed by atoms with E-state index in [1.54, 1.807) is 12.1 Å². The van der Waals surface area contributed by atoms with Gasteiger partial charge >= 0.3 is 0 Å². The Bertz CT molecular complexity index is 783. The van der Waals surface area contributed by atoms with Crippen LogP contribution in [0.1, 0.15) is 17.0 Å². The largest absolute Gasteiger partial charge is 0.507 e. The van der Waals surface area contributed by atoms with Gasteiger partial charge in [-0.15, -0.1) is 0 Å². The fraction of sp³-hybridized carbons (Fsp3) is 0.125. The van der Waals surface area contributed by atoms with Gasteiger partial charge in [-0.1, -0.05) is 45.4 Å². The molecule has 1 aromatic heterocycles. The molecule has 0 saturated carbocycles. The van der Waals surface area contributed by atoms with Crippen molar-refractivity contribution in [3.63, 3.8) is 0 Å². The van der Waals surface area contributed by atoms with Crippen LogP contribution in [0, 0.1) is 6.92 Å². The van der Waals surface area contributed by atoms with Crippen LogP contribution < -0.4 is 0 Å². The Hall–Kier alpha value is -2.14. The van der Waals surface area contributed by atoms with Crippen LogP contribution in [-0.4, -0.2) is 15.2 Å². The van der Waals surface area contributed by atoms with Crippen molar-refractivity contribution >= 4 is 15.9 Å². The van der Waals surface area contributed by atoms with Crippen LogP contribution in [-0.2, 0) is 6.42 Å². The summed E-state index contributed by atoms with van der Waals surface area (Å²) in [6.07, 6.45) is 0.605. The first-order valence-corrected chi connectivity index (χ1v) is 7.29. The van der Waals surface area contributed by atoms with Crippen molar-refractivity contribution < 1.29 is 9.63 Å². The van der Waals surface area contributed by atoms with E-state index in [4.69, 9.17) is 4.52 Å². The van der Waals surface area contributed by atoms with Crippen LogP contribution in [0.2, 0.25) is 0 Å². The van der Waals surface area contributed by atoms with Gasteiger partial charge in [0, 0.05) is 10.9 Å². The highest BCUT2D eigenvalue weighted by Gasteiger charge is 2.13. The van der Waals surface area contributed by atoms with Crippen LogP contribution in [0.5, 0.6) is 5.75 Å². The van der Waals surface area contributed by atoms with E-state index in [9.17, 15) is 5.11 Å². The first-order valence-electron chi connectivity index (χ1n) is 6.49. The van der Waals surface area contributed by atoms with Gasteiger partial charge in [-0.2, -0.15) is 4.98 Å². The molecule has 3 rings (SSSR count). The van der Waals surface area contributed by atoms with Gasteiger partial charge in [0.05, 0.1) is 5.56 Å². The van der Waals surface area contributed by atoms with Crippen LogP contribution in [0.4, 0.5) is 0 Å². The minimum absolute atomic E-state index is 0.107. The number of phenols is 1. The molecule has 0 radical (unpaired) electrons. The Morgan fingerprint density at radius 3 is 2.76 bits per heavy atom. The van der Waals surface area contributed by atoms with Crippen LogP contribution >= 0.6 is 15.9 Å². The molecular formula is C16H13BrN2O2. The number of hydrogen-bond donors (Lipinski definition) is 1. The quantitative estimate of drug-likeness (QED) is 0.776. The van der Waals surface area contributed by atoms with Gasteiger partial charge in [0.25, 0.3) is 5.89 Å². The van der Waals surface area contributed by atoms with Gasteiger partial charge in [-0.25, -0.2) is 0 Å². The third-order valence-electron chi connectivity index (χ3n) is 3.27. The lowest BCUT2D eigenvalue weighted by atomic mass is 10.1. The third kappa shape index (κ3) is 2.97. The highest BCUT2D eigenvalue weighted by molar-refractivity contribution is 9.10. The predicted octanol–water partition coefficient (Wildman–Crippen LogP) is 4.10. The van der Waals surface area contributed by atoms with Gasteiger partial charge in [0.1, 0.15) is 5.75 Å². The molecular weight excluding hydrogens is 332 g/mol. The molecule has 0 saturated heterocycles. The van der Waals surface area contributed by atoms with E-state index in [1.165, 1.54) is 5.56 Å². The second-order valence-corrected chi connectivity index (χ2v) is 5.70. The Kier molecular flexibility index (Phi) is 3.75. The number of aryl methyl sites for hydroxylation is 1. The average Bonchev–Trinajstić information content (AvgIpc) is 2.90. The number of aromatic nitrogens is 2. The minimum Gasteiger partial charge on any atom is -0.507 e. The second kappa shape index (κ2) is 5.69. The van der Waals surface area contributed by atoms with E-state index in [2.05, 4.69) is 39.1 Å². The molecule has 0 aliphatic carbocycles. The molecule has 0 unspecified atom stereocenters. The molecule has 21 heavy (non-hydrogen) atoms. The number of hydrogen-bond acceptors (Lipinski definition) is 4. The Morgan fingerprint density at radius 2 is 2.00 bits per heavy atom. The lowest BCUT2D eigenvalue weighted by Gasteiger charge is -2.01. The lowest BCUT2D eigenvalue weighted by Crippen LogP contribution is -1.93. The normalized spacial score (nSPS) is 10.8. The molecule has 1 N–H and O–H groups in total. The fourth-order valence-electron chi connectivity index (χ4n) is 2.10. The van der Waals surface area contributed by atoms with Crippen molar-refractivity contribution in [2.24, 2.45) is 0 Å². The first-order chi connectivity index (χ1) is 10.1. The summed E-state index contributed by atoms with van der Waals surface area (Å²) in [4.78, 5) is 4.35. The van der Waals surface area contributed by atoms with E-state index in [1.807, 2.05) is 24.3 Å². The molecule has 0 atom stereocenters. The maximum Gasteiger partial charge on any atom is 0.261 e. The molecule has 0 amide bonds. The van der Waals surface area contributed by atoms with Crippen molar-refractivity contribution in [3.05, 3.63) is 63.9 Å². The number of aromatic hydroxyl groups is 1. The summed E-state index contributed by atoms with van der Waals surface area (Å²) in [6, 6.07) is 13.2. The van der Waals surface area contributed by atoms with Crippen molar-refractivity contribution in [1.29, 1.82) is 0 Å². The maximum absolute atomic E-state index is 9.93. The molecule has 0 spiro atoms. The standard InChI is InChI=1S/C16H13BrN2O2/c1-10-4-2-3-5-11(10)8-15-18-16(21-19-15)13-7-6-12(17)9-14(13)20/h2-7,9,20H,8H2,1H3. The van der Waals surface area contributed by atoms with Crippen molar-refractivity contribution in [2.75, 3.05) is 0 Å². The number of benzene rings is 2. The Balaban J connectivity index is 1.88. The van der Waals surface area contributed by atoms with Gasteiger partial charge in [0.15, 0.2) is 5.82 Å². The number of halogens is 1. The number of phenolic OH excluding ortho intramolecular Hbond substituents is 1. The summed E-state index contributed by atoms with van der Waals surface area (Å²) in [5.74, 6) is 1.03. The van der Waals surface area contributed by atoms with Crippen LogP contribution in [0.3, 0.4) is 0 Å². The van der Waals surface area contributed by atoms with Gasteiger partial charge in [0.2, 0.25) is 0 Å². The first kappa shape index (κ1) is 13.8. The maximum atomic E-state index is 9.93. The highest BCUT2D eigenvalue weighted by atomic mass is 79.9. The molecule has 0 aliphatic heterocycles. The molecule has 0 aliphatic rings. The topological polar surface area (TPSA) is 59.2 Å². The molecule has 4 nitrogen and oxygen atoms in total. The fourth-order valence-corrected chi connectivity index (χ4v) is 2.45. The minimum atomic E-state index is 0.107. The molecule has 0 bridgehead atoms. The van der Waals surface area contributed by atoms with Gasteiger partial charge in [-0.05, 0) is 36.2 Å². The zero-order chi connectivity index (χ0) is 14.8. The summed E-state index contributed by atoms with van der Waals surface area (Å²) >= 11 is 3.30. The Labute approximate surface area is 130 Å². The van der Waals surface area contributed by atoms with E-state index >= 15 is 0 Å². The summed E-state index contributed by atoms with van der Waals surface area (Å²) in [5.41, 5.74) is 2.88. The van der Waals surface area contributed by atoms with E-state index in [0.717, 1.165) is 10.0 Å². The zero-order valence-electron chi connectivity index (χ0n) is 11.4. The van der Waals surface area contributed by atoms with E-state index < -0.39 is 0 Å². The molecule has 106 valence electrons. The van der Waals surface area contributed by atoms with Gasteiger partial charge < -0.3 is 9.63 Å². The summed E-state index contributed by atoms with van der Waals surface area (Å²) in [7, 11) is 0. The molecule has 5 heteroatoms. The number of nitrogens with zero attached hydrogens (tertiary/aromatic N) is 2. The van der Waals surface area contributed by atoms with E-state index in [-0.39, 0.29) is 5.75 Å². The third-order valence-corrected chi connectivity index (χ3v) is 3.76. The lowest BCUT2D eigenvalue weighted by molar-refractivity contribution is 0.418. The summed E-state index contributed by atoms with van der Waals surface area (Å²) in [5, 5.41) is 13.9. The Morgan fingerprint density at radius 1 is 1.19 bits per heavy atom. The van der Waals surface area contributed by atoms with Crippen molar-refractivity contribution in [3.8, 4) is 17.2 Å². The summed E-state index contributed by atoms with van der Waals surface area (Å²) < 4.78 is 6.04. The zero-order valence-corrected chi connectivity index (χ0v) is 13.0. The van der Waals surface area contributed by atoms with Crippen LogP contribution in [0.25, 0.3) is 11.5 Å². The number of rotatable bonds is 3. The molecule has 2 aromatic carbocycles. The van der Waals surface area contributed by atoms with Gasteiger partial charge in [-0.3, -0.25) is 0 Å². The smallest absolute Gasteiger partial charge is 0.261 e. The van der Waals surface area contributed by atoms with E-state index in [0.29, 0.717) is 23.7 Å². The molecule has 1 heterocycles. The highest BCUT2D eigenvalue weighted by Crippen LogP contribution is 2.30. The molecule has 0 fully saturated rings. The second-order valence-electron chi connectivity index (χ2n) is 4.78. The monoisotopic (exact) mass is 344 g/mol. The van der Waals surface area contributed by atoms with Crippen LogP contribution in [0.15, 0.2) is 51.5 Å². The van der Waals surface area contributed by atoms with Crippen molar-refractivity contribution in [2.45, 2.75) is 13.3 Å².